The largest absolute Gasteiger partial charge is 0.427 e. The highest BCUT2D eigenvalue weighted by atomic mass is 16.4. The van der Waals surface area contributed by atoms with Gasteiger partial charge < -0.3 is 19.6 Å². The summed E-state index contributed by atoms with van der Waals surface area (Å²) in [5.74, 6) is 1.47. The number of carbonyl (C=O) groups excluding carboxylic acids is 1. The summed E-state index contributed by atoms with van der Waals surface area (Å²) in [6.07, 6.45) is 2.76. The number of piperidine rings is 1. The molecule has 0 spiro atoms. The van der Waals surface area contributed by atoms with Crippen LogP contribution in [0, 0.1) is 13.8 Å². The highest BCUT2D eigenvalue weighted by Crippen LogP contribution is 2.25. The predicted molar refractivity (Wildman–Crippen MR) is 96.3 cm³/mol. The molecule has 0 radical (unpaired) electrons. The van der Waals surface area contributed by atoms with Crippen LogP contribution in [0.2, 0.25) is 0 Å². The number of aromatic amines is 1. The third kappa shape index (κ3) is 3.07. The van der Waals surface area contributed by atoms with E-state index in [0.29, 0.717) is 30.8 Å². The summed E-state index contributed by atoms with van der Waals surface area (Å²) in [4.78, 5) is 34.9. The van der Waals surface area contributed by atoms with Gasteiger partial charge in [0.1, 0.15) is 17.1 Å². The van der Waals surface area contributed by atoms with Crippen molar-refractivity contribution >= 4 is 5.91 Å². The molecule has 1 saturated heterocycles. The number of nitrogens with zero attached hydrogens (tertiary/aromatic N) is 2. The third-order valence-electron chi connectivity index (χ3n) is 5.32. The Balaban J connectivity index is 1.59. The number of hydrogen-bond acceptors (Lipinski definition) is 5. The summed E-state index contributed by atoms with van der Waals surface area (Å²) in [6.45, 7) is 6.54. The Hall–Kier alpha value is -2.41. The van der Waals surface area contributed by atoms with Gasteiger partial charge in [0.15, 0.2) is 0 Å². The summed E-state index contributed by atoms with van der Waals surface area (Å²) in [5.41, 5.74) is 2.28. The quantitative estimate of drug-likeness (QED) is 0.854. The topological polar surface area (TPSA) is 91.2 Å². The van der Waals surface area contributed by atoms with Crippen molar-refractivity contribution < 1.29 is 9.21 Å². The lowest BCUT2D eigenvalue weighted by Gasteiger charge is -2.27. The van der Waals surface area contributed by atoms with Gasteiger partial charge in [0, 0.05) is 25.4 Å². The molecule has 4 rings (SSSR count). The number of H-pyrrole nitrogens is 1. The molecule has 2 aromatic heterocycles. The molecule has 2 N–H and O–H groups in total. The smallest absolute Gasteiger partial charge is 0.349 e. The van der Waals surface area contributed by atoms with Gasteiger partial charge >= 0.3 is 5.63 Å². The number of amides is 1. The Kier molecular flexibility index (Phi) is 4.40. The van der Waals surface area contributed by atoms with Crippen molar-refractivity contribution in [3.8, 4) is 0 Å². The maximum absolute atomic E-state index is 13.0. The molecule has 7 heteroatoms. The van der Waals surface area contributed by atoms with E-state index < -0.39 is 5.63 Å². The Morgan fingerprint density at radius 2 is 2.23 bits per heavy atom. The van der Waals surface area contributed by atoms with Crippen molar-refractivity contribution in [1.29, 1.82) is 0 Å². The highest BCUT2D eigenvalue weighted by Gasteiger charge is 2.28. The Morgan fingerprint density at radius 3 is 2.96 bits per heavy atom. The molecule has 1 atom stereocenters. The molecule has 2 aliphatic heterocycles. The first kappa shape index (κ1) is 17.0. The summed E-state index contributed by atoms with van der Waals surface area (Å²) in [6, 6.07) is 1.86. The number of hydrogen-bond donors (Lipinski definition) is 2. The molecule has 0 aromatic carbocycles. The third-order valence-corrected chi connectivity index (χ3v) is 5.32. The summed E-state index contributed by atoms with van der Waals surface area (Å²) in [7, 11) is 0. The van der Waals surface area contributed by atoms with Gasteiger partial charge in [0.2, 0.25) is 0 Å². The zero-order valence-corrected chi connectivity index (χ0v) is 15.2. The molecule has 2 aromatic rings. The predicted octanol–water partition coefficient (Wildman–Crippen LogP) is 1.65. The van der Waals surface area contributed by atoms with E-state index in [1.807, 2.05) is 19.9 Å². The van der Waals surface area contributed by atoms with Gasteiger partial charge in [-0.1, -0.05) is 0 Å². The Morgan fingerprint density at radius 1 is 1.38 bits per heavy atom. The average Bonchev–Trinajstić information content (AvgIpc) is 3.00. The number of imidazole rings is 1. The lowest BCUT2D eigenvalue weighted by molar-refractivity contribution is 0.0725. The number of aromatic nitrogens is 2. The number of aryl methyl sites for hydroxylation is 2. The van der Waals surface area contributed by atoms with Gasteiger partial charge in [-0.15, -0.1) is 0 Å². The van der Waals surface area contributed by atoms with Gasteiger partial charge in [-0.25, -0.2) is 9.78 Å². The van der Waals surface area contributed by atoms with E-state index in [4.69, 9.17) is 4.42 Å². The van der Waals surface area contributed by atoms with Crippen LogP contribution in [0.5, 0.6) is 0 Å². The van der Waals surface area contributed by atoms with Gasteiger partial charge in [-0.3, -0.25) is 4.79 Å². The monoisotopic (exact) mass is 356 g/mol. The Bertz CT molecular complexity index is 893. The Labute approximate surface area is 151 Å². The molecule has 1 amide bonds. The van der Waals surface area contributed by atoms with Crippen LogP contribution in [-0.2, 0) is 13.0 Å². The van der Waals surface area contributed by atoms with E-state index in [1.165, 1.54) is 0 Å². The van der Waals surface area contributed by atoms with E-state index in [2.05, 4.69) is 15.3 Å². The van der Waals surface area contributed by atoms with Gasteiger partial charge in [0.25, 0.3) is 5.91 Å². The summed E-state index contributed by atoms with van der Waals surface area (Å²) < 4.78 is 5.55. The van der Waals surface area contributed by atoms with Crippen LogP contribution >= 0.6 is 0 Å². The molecule has 0 bridgehead atoms. The molecule has 0 saturated carbocycles. The molecule has 2 aliphatic rings. The van der Waals surface area contributed by atoms with Crippen LogP contribution < -0.4 is 10.9 Å². The van der Waals surface area contributed by atoms with Crippen molar-refractivity contribution in [3.05, 3.63) is 50.6 Å². The summed E-state index contributed by atoms with van der Waals surface area (Å²) in [5, 5.41) is 3.33. The van der Waals surface area contributed by atoms with Crippen LogP contribution in [0.15, 0.2) is 15.3 Å². The highest BCUT2D eigenvalue weighted by molar-refractivity contribution is 5.95. The van der Waals surface area contributed by atoms with E-state index in [1.54, 1.807) is 4.90 Å². The molecule has 1 unspecified atom stereocenters. The molecule has 1 fully saturated rings. The van der Waals surface area contributed by atoms with Crippen molar-refractivity contribution in [2.45, 2.75) is 45.6 Å². The molecule has 26 heavy (non-hydrogen) atoms. The number of fused-ring (bicyclic) bond motifs is 1. The molecule has 4 heterocycles. The van der Waals surface area contributed by atoms with Crippen molar-refractivity contribution in [2.75, 3.05) is 19.6 Å². The minimum absolute atomic E-state index is 0.150. The van der Waals surface area contributed by atoms with Crippen LogP contribution in [0.25, 0.3) is 0 Å². The van der Waals surface area contributed by atoms with E-state index in [-0.39, 0.29) is 17.4 Å². The van der Waals surface area contributed by atoms with E-state index in [0.717, 1.165) is 43.1 Å². The number of nitrogens with one attached hydrogen (secondary N) is 2. The zero-order valence-electron chi connectivity index (χ0n) is 15.2. The first-order valence-electron chi connectivity index (χ1n) is 9.22. The van der Waals surface area contributed by atoms with Crippen LogP contribution in [0.3, 0.4) is 0 Å². The molecular formula is C19H24N4O3. The van der Waals surface area contributed by atoms with Crippen LogP contribution in [0.1, 0.15) is 57.7 Å². The minimum Gasteiger partial charge on any atom is -0.427 e. The van der Waals surface area contributed by atoms with Gasteiger partial charge in [0.05, 0.1) is 17.9 Å². The number of carbonyl (C=O) groups is 1. The molecule has 0 aliphatic carbocycles. The fourth-order valence-electron chi connectivity index (χ4n) is 3.95. The van der Waals surface area contributed by atoms with Crippen LogP contribution in [0.4, 0.5) is 0 Å². The lowest BCUT2D eigenvalue weighted by atomic mass is 9.95. The fourth-order valence-corrected chi connectivity index (χ4v) is 3.95. The normalized spacial score (nSPS) is 20.1. The molecular weight excluding hydrogens is 332 g/mol. The average molecular weight is 356 g/mol. The van der Waals surface area contributed by atoms with E-state index >= 15 is 0 Å². The van der Waals surface area contributed by atoms with Gasteiger partial charge in [-0.2, -0.15) is 0 Å². The second kappa shape index (κ2) is 6.72. The lowest BCUT2D eigenvalue weighted by Crippen LogP contribution is -2.39. The number of rotatable bonds is 2. The minimum atomic E-state index is -0.526. The summed E-state index contributed by atoms with van der Waals surface area (Å²) >= 11 is 0. The second-order valence-corrected chi connectivity index (χ2v) is 7.26. The fraction of sp³-hybridized carbons (Fsp3) is 0.526. The molecule has 138 valence electrons. The zero-order chi connectivity index (χ0) is 18.3. The van der Waals surface area contributed by atoms with Crippen molar-refractivity contribution in [3.63, 3.8) is 0 Å². The second-order valence-electron chi connectivity index (χ2n) is 7.26. The first-order chi connectivity index (χ1) is 12.5. The SMILES string of the molecule is Cc1nc2c([nH]1)CN(C(=O)c1c(C)cc(C3CCCNC3)oc1=O)CC2. The van der Waals surface area contributed by atoms with E-state index in [9.17, 15) is 9.59 Å². The van der Waals surface area contributed by atoms with Crippen molar-refractivity contribution in [1.82, 2.24) is 20.2 Å². The van der Waals surface area contributed by atoms with Crippen molar-refractivity contribution in [2.24, 2.45) is 0 Å². The maximum Gasteiger partial charge on any atom is 0.349 e. The van der Waals surface area contributed by atoms with Crippen LogP contribution in [-0.4, -0.2) is 40.4 Å². The molecule has 7 nitrogen and oxygen atoms in total. The maximum atomic E-state index is 13.0. The van der Waals surface area contributed by atoms with Gasteiger partial charge in [-0.05, 0) is 44.9 Å². The first-order valence-corrected chi connectivity index (χ1v) is 9.22. The standard InChI is InChI=1S/C19H24N4O3/c1-11-8-16(13-4-3-6-20-9-13)26-19(25)17(11)18(24)23-7-5-14-15(10-23)22-12(2)21-14/h8,13,20H,3-7,9-10H2,1-2H3,(H,21,22).